The Bertz CT molecular complexity index is 259. The van der Waals surface area contributed by atoms with Crippen molar-refractivity contribution in [1.82, 2.24) is 0 Å². The van der Waals surface area contributed by atoms with E-state index in [0.717, 1.165) is 44.9 Å². The Labute approximate surface area is 134 Å². The van der Waals surface area contributed by atoms with Crippen molar-refractivity contribution in [1.29, 1.82) is 0 Å². The van der Waals surface area contributed by atoms with Crippen LogP contribution in [0.1, 0.15) is 96.8 Å². The molecule has 0 amide bonds. The maximum atomic E-state index is 13.6. The van der Waals surface area contributed by atoms with Crippen LogP contribution in [0.4, 0.5) is 8.78 Å². The summed E-state index contributed by atoms with van der Waals surface area (Å²) in [5, 5.41) is 8.49. The van der Waals surface area contributed by atoms with Gasteiger partial charge in [0.15, 0.2) is 0 Å². The van der Waals surface area contributed by atoms with Crippen molar-refractivity contribution in [2.45, 2.75) is 109 Å². The molecule has 0 bridgehead atoms. The van der Waals surface area contributed by atoms with Crippen LogP contribution >= 0.6 is 0 Å². The van der Waals surface area contributed by atoms with Gasteiger partial charge in [0.25, 0.3) is 0 Å². The number of rotatable bonds is 16. The van der Waals surface area contributed by atoms with Crippen molar-refractivity contribution >= 4 is 5.97 Å². The molecule has 0 aromatic carbocycles. The van der Waals surface area contributed by atoms with Crippen LogP contribution in [0.15, 0.2) is 0 Å². The summed E-state index contributed by atoms with van der Waals surface area (Å²) in [5.41, 5.74) is 0. The molecule has 0 saturated carbocycles. The molecule has 0 aromatic rings. The van der Waals surface area contributed by atoms with Crippen LogP contribution in [-0.2, 0) is 4.79 Å². The molecule has 0 aliphatic heterocycles. The van der Waals surface area contributed by atoms with E-state index in [1.807, 2.05) is 0 Å². The molecule has 0 aromatic heterocycles. The molecule has 2 atom stereocenters. The lowest BCUT2D eigenvalue weighted by Crippen LogP contribution is -2.04. The Morgan fingerprint density at radius 3 is 1.77 bits per heavy atom. The van der Waals surface area contributed by atoms with Crippen molar-refractivity contribution in [2.24, 2.45) is 0 Å². The fraction of sp³-hybridized carbons (Fsp3) is 0.944. The van der Waals surface area contributed by atoms with E-state index < -0.39 is 18.3 Å². The molecule has 4 heteroatoms. The zero-order valence-corrected chi connectivity index (χ0v) is 14.2. The van der Waals surface area contributed by atoms with E-state index in [-0.39, 0.29) is 6.42 Å². The Balaban J connectivity index is 3.32. The zero-order chi connectivity index (χ0) is 16.6. The first-order chi connectivity index (χ1) is 10.6. The van der Waals surface area contributed by atoms with E-state index in [4.69, 9.17) is 5.11 Å². The number of alkyl halides is 2. The second-order valence-corrected chi connectivity index (χ2v) is 6.32. The lowest BCUT2D eigenvalue weighted by Gasteiger charge is -2.10. The maximum Gasteiger partial charge on any atom is 0.303 e. The fourth-order valence-electron chi connectivity index (χ4n) is 2.64. The third-order valence-corrected chi connectivity index (χ3v) is 4.06. The maximum absolute atomic E-state index is 13.6. The highest BCUT2D eigenvalue weighted by atomic mass is 19.1. The van der Waals surface area contributed by atoms with Gasteiger partial charge in [0, 0.05) is 6.42 Å². The van der Waals surface area contributed by atoms with Crippen molar-refractivity contribution in [3.8, 4) is 0 Å². The van der Waals surface area contributed by atoms with Crippen molar-refractivity contribution in [3.05, 3.63) is 0 Å². The Kier molecular flexibility index (Phi) is 14.8. The van der Waals surface area contributed by atoms with Crippen LogP contribution in [0.3, 0.4) is 0 Å². The summed E-state index contributed by atoms with van der Waals surface area (Å²) in [6, 6.07) is 0. The van der Waals surface area contributed by atoms with E-state index in [1.54, 1.807) is 0 Å². The molecule has 2 nitrogen and oxygen atoms in total. The van der Waals surface area contributed by atoms with Gasteiger partial charge in [-0.2, -0.15) is 0 Å². The molecule has 0 aliphatic carbocycles. The third-order valence-electron chi connectivity index (χ3n) is 4.06. The van der Waals surface area contributed by atoms with Gasteiger partial charge in [0.2, 0.25) is 0 Å². The number of hydrogen-bond donors (Lipinski definition) is 1. The summed E-state index contributed by atoms with van der Waals surface area (Å²) >= 11 is 0. The minimum Gasteiger partial charge on any atom is -0.481 e. The second kappa shape index (κ2) is 15.2. The number of unbranched alkanes of at least 4 members (excludes halogenated alkanes) is 6. The van der Waals surface area contributed by atoms with Crippen LogP contribution in [0, 0.1) is 0 Å². The highest BCUT2D eigenvalue weighted by molar-refractivity contribution is 5.66. The molecular formula is C18H34F2O2. The summed E-state index contributed by atoms with van der Waals surface area (Å²) in [7, 11) is 0. The molecule has 132 valence electrons. The average molecular weight is 320 g/mol. The lowest BCUT2D eigenvalue weighted by molar-refractivity contribution is -0.137. The smallest absolute Gasteiger partial charge is 0.303 e. The van der Waals surface area contributed by atoms with Crippen LogP contribution in [-0.4, -0.2) is 23.4 Å². The Morgan fingerprint density at radius 2 is 1.23 bits per heavy atom. The molecular weight excluding hydrogens is 286 g/mol. The van der Waals surface area contributed by atoms with Crippen LogP contribution in [0.2, 0.25) is 0 Å². The minimum atomic E-state index is -0.804. The monoisotopic (exact) mass is 320 g/mol. The first-order valence-corrected chi connectivity index (χ1v) is 9.06. The summed E-state index contributed by atoms with van der Waals surface area (Å²) in [5.74, 6) is -0.746. The van der Waals surface area contributed by atoms with E-state index in [9.17, 15) is 13.6 Å². The van der Waals surface area contributed by atoms with Gasteiger partial charge in [-0.1, -0.05) is 51.9 Å². The molecule has 1 N–H and O–H groups in total. The largest absolute Gasteiger partial charge is 0.481 e. The van der Waals surface area contributed by atoms with E-state index in [1.165, 1.54) is 0 Å². The number of hydrogen-bond acceptors (Lipinski definition) is 1. The van der Waals surface area contributed by atoms with Crippen LogP contribution in [0.25, 0.3) is 0 Å². The highest BCUT2D eigenvalue weighted by Crippen LogP contribution is 2.18. The van der Waals surface area contributed by atoms with E-state index in [2.05, 4.69) is 6.92 Å². The fourth-order valence-corrected chi connectivity index (χ4v) is 2.64. The summed E-state index contributed by atoms with van der Waals surface area (Å²) in [6.07, 6.45) is 9.02. The van der Waals surface area contributed by atoms with Crippen molar-refractivity contribution < 1.29 is 18.7 Å². The van der Waals surface area contributed by atoms with Gasteiger partial charge >= 0.3 is 5.97 Å². The van der Waals surface area contributed by atoms with Gasteiger partial charge in [-0.05, 0) is 38.5 Å². The van der Waals surface area contributed by atoms with Gasteiger partial charge in [-0.15, -0.1) is 0 Å². The molecule has 22 heavy (non-hydrogen) atoms. The quantitative estimate of drug-likeness (QED) is 0.342. The molecule has 0 radical (unpaired) electrons. The Hall–Kier alpha value is -0.670. The normalized spacial score (nSPS) is 14.0. The lowest BCUT2D eigenvalue weighted by atomic mass is 10.0. The van der Waals surface area contributed by atoms with Crippen LogP contribution < -0.4 is 0 Å². The summed E-state index contributed by atoms with van der Waals surface area (Å²) < 4.78 is 27.1. The number of carboxylic acid groups (broad SMARTS) is 1. The number of carbonyl (C=O) groups is 1. The second-order valence-electron chi connectivity index (χ2n) is 6.32. The molecule has 2 unspecified atom stereocenters. The van der Waals surface area contributed by atoms with Crippen molar-refractivity contribution in [3.63, 3.8) is 0 Å². The highest BCUT2D eigenvalue weighted by Gasteiger charge is 2.10. The predicted octanol–water partition coefficient (Wildman–Crippen LogP) is 6.23. The predicted molar refractivity (Wildman–Crippen MR) is 87.7 cm³/mol. The first-order valence-electron chi connectivity index (χ1n) is 9.06. The minimum absolute atomic E-state index is 0.231. The summed E-state index contributed by atoms with van der Waals surface area (Å²) in [6.45, 7) is 2.10. The van der Waals surface area contributed by atoms with E-state index in [0.29, 0.717) is 38.5 Å². The topological polar surface area (TPSA) is 37.3 Å². The van der Waals surface area contributed by atoms with Gasteiger partial charge in [-0.25, -0.2) is 8.78 Å². The standard InChI is InChI=1S/C18H34F2O2/c1-2-3-7-11-16(19)13-10-14-17(20)12-8-5-4-6-9-15-18(21)22/h16-17H,2-15H2,1H3,(H,21,22). The SMILES string of the molecule is CCCCCC(F)CCCC(F)CCCCCCCC(=O)O. The average Bonchev–Trinajstić information content (AvgIpc) is 2.46. The van der Waals surface area contributed by atoms with Crippen LogP contribution in [0.5, 0.6) is 0 Å². The van der Waals surface area contributed by atoms with Gasteiger partial charge in [0.1, 0.15) is 12.3 Å². The third kappa shape index (κ3) is 15.7. The molecule has 0 aliphatic rings. The van der Waals surface area contributed by atoms with E-state index >= 15 is 0 Å². The number of aliphatic carboxylic acids is 1. The summed E-state index contributed by atoms with van der Waals surface area (Å²) in [4.78, 5) is 10.3. The molecule has 0 heterocycles. The van der Waals surface area contributed by atoms with Gasteiger partial charge in [-0.3, -0.25) is 4.79 Å². The molecule has 0 fully saturated rings. The van der Waals surface area contributed by atoms with Gasteiger partial charge in [0.05, 0.1) is 0 Å². The Morgan fingerprint density at radius 1 is 0.773 bits per heavy atom. The number of carboxylic acids is 1. The molecule has 0 saturated heterocycles. The molecule has 0 rings (SSSR count). The van der Waals surface area contributed by atoms with Crippen molar-refractivity contribution in [2.75, 3.05) is 0 Å². The van der Waals surface area contributed by atoms with Gasteiger partial charge < -0.3 is 5.11 Å². The number of halogens is 2. The molecule has 0 spiro atoms. The zero-order valence-electron chi connectivity index (χ0n) is 14.2. The first kappa shape index (κ1) is 21.3.